The molecule has 148 valence electrons. The maximum absolute atomic E-state index is 12.3. The number of benzene rings is 2. The molecule has 1 aliphatic rings. The third-order valence-electron chi connectivity index (χ3n) is 5.14. The summed E-state index contributed by atoms with van der Waals surface area (Å²) in [6.07, 6.45) is 2.79. The molecule has 5 nitrogen and oxygen atoms in total. The third kappa shape index (κ3) is 5.42. The van der Waals surface area contributed by atoms with Crippen LogP contribution < -0.4 is 10.6 Å². The van der Waals surface area contributed by atoms with Crippen LogP contribution in [-0.4, -0.2) is 50.4 Å². The summed E-state index contributed by atoms with van der Waals surface area (Å²) in [5.41, 5.74) is 3.92. The number of hydrogen-bond acceptors (Lipinski definition) is 3. The van der Waals surface area contributed by atoms with E-state index in [1.54, 1.807) is 0 Å². The van der Waals surface area contributed by atoms with Gasteiger partial charge in [0, 0.05) is 31.1 Å². The van der Waals surface area contributed by atoms with Gasteiger partial charge in [0.15, 0.2) is 0 Å². The number of amides is 2. The van der Waals surface area contributed by atoms with Crippen LogP contribution in [0.2, 0.25) is 0 Å². The Hall–Kier alpha value is -2.66. The first-order chi connectivity index (χ1) is 13.5. The second-order valence-electron chi connectivity index (χ2n) is 7.67. The second-order valence-corrected chi connectivity index (χ2v) is 7.67. The molecule has 0 aromatic heterocycles. The van der Waals surface area contributed by atoms with Crippen molar-refractivity contribution in [3.63, 3.8) is 0 Å². The van der Waals surface area contributed by atoms with E-state index in [0.717, 1.165) is 43.5 Å². The van der Waals surface area contributed by atoms with E-state index >= 15 is 0 Å². The van der Waals surface area contributed by atoms with Crippen LogP contribution >= 0.6 is 0 Å². The molecule has 0 unspecified atom stereocenters. The Bertz CT molecular complexity index is 815. The van der Waals surface area contributed by atoms with Crippen molar-refractivity contribution < 1.29 is 9.59 Å². The van der Waals surface area contributed by atoms with Gasteiger partial charge in [-0.15, -0.1) is 0 Å². The van der Waals surface area contributed by atoms with Gasteiger partial charge in [0.05, 0.1) is 0 Å². The van der Waals surface area contributed by atoms with Crippen molar-refractivity contribution in [3.8, 4) is 11.1 Å². The van der Waals surface area contributed by atoms with E-state index in [1.807, 2.05) is 43.3 Å². The van der Waals surface area contributed by atoms with Gasteiger partial charge in [-0.3, -0.25) is 9.59 Å². The predicted molar refractivity (Wildman–Crippen MR) is 112 cm³/mol. The van der Waals surface area contributed by atoms with E-state index in [2.05, 4.69) is 34.9 Å². The summed E-state index contributed by atoms with van der Waals surface area (Å²) < 4.78 is 0. The zero-order valence-electron chi connectivity index (χ0n) is 16.7. The highest BCUT2D eigenvalue weighted by molar-refractivity contribution is 5.95. The number of carbonyl (C=O) groups is 2. The average molecular weight is 380 g/mol. The topological polar surface area (TPSA) is 61.4 Å². The molecular formula is C23H29N3O2. The van der Waals surface area contributed by atoms with Crippen LogP contribution in [0, 0.1) is 5.92 Å². The highest BCUT2D eigenvalue weighted by Gasteiger charge is 2.21. The van der Waals surface area contributed by atoms with Gasteiger partial charge in [-0.05, 0) is 62.2 Å². The highest BCUT2D eigenvalue weighted by Crippen LogP contribution is 2.23. The molecule has 1 atom stereocenters. The molecule has 1 aliphatic heterocycles. The molecule has 3 rings (SSSR count). The smallest absolute Gasteiger partial charge is 0.251 e. The molecule has 1 fully saturated rings. The molecular weight excluding hydrogens is 350 g/mol. The lowest BCUT2D eigenvalue weighted by Gasteiger charge is -2.21. The van der Waals surface area contributed by atoms with Gasteiger partial charge in [0.1, 0.15) is 0 Å². The number of nitrogens with zero attached hydrogens (tertiary/aromatic N) is 1. The molecule has 0 spiro atoms. The third-order valence-corrected chi connectivity index (χ3v) is 5.14. The summed E-state index contributed by atoms with van der Waals surface area (Å²) in [6.45, 7) is 2.23. The van der Waals surface area contributed by atoms with Crippen molar-refractivity contribution in [3.05, 3.63) is 59.7 Å². The van der Waals surface area contributed by atoms with Gasteiger partial charge in [-0.25, -0.2) is 0 Å². The van der Waals surface area contributed by atoms with E-state index in [9.17, 15) is 9.59 Å². The fraction of sp³-hybridized carbons (Fsp3) is 0.391. The average Bonchev–Trinajstić information content (AvgIpc) is 2.70. The number of hydrogen-bond donors (Lipinski definition) is 2. The molecule has 2 amide bonds. The van der Waals surface area contributed by atoms with E-state index in [0.29, 0.717) is 12.1 Å². The first kappa shape index (κ1) is 20.1. The minimum atomic E-state index is -0.0522. The van der Waals surface area contributed by atoms with E-state index in [-0.39, 0.29) is 17.7 Å². The number of rotatable bonds is 7. The Morgan fingerprint density at radius 3 is 2.64 bits per heavy atom. The molecule has 0 bridgehead atoms. The number of carbonyl (C=O) groups excluding carboxylic acids is 2. The quantitative estimate of drug-likeness (QED) is 0.778. The molecule has 2 N–H and O–H groups in total. The van der Waals surface area contributed by atoms with Crippen LogP contribution in [-0.2, 0) is 11.2 Å². The van der Waals surface area contributed by atoms with Crippen LogP contribution in [0.15, 0.2) is 48.5 Å². The SMILES string of the molecule is CN(C)CCNC(=O)c1cccc(-c2ccc(C[C@H]3CCCNC3=O)cc2)c1. The van der Waals surface area contributed by atoms with Gasteiger partial charge in [0.2, 0.25) is 5.91 Å². The zero-order chi connectivity index (χ0) is 19.9. The lowest BCUT2D eigenvalue weighted by molar-refractivity contribution is -0.126. The van der Waals surface area contributed by atoms with Crippen LogP contribution in [0.4, 0.5) is 0 Å². The first-order valence-corrected chi connectivity index (χ1v) is 9.93. The maximum atomic E-state index is 12.3. The fourth-order valence-electron chi connectivity index (χ4n) is 3.48. The minimum absolute atomic E-state index is 0.0522. The first-order valence-electron chi connectivity index (χ1n) is 9.93. The minimum Gasteiger partial charge on any atom is -0.356 e. The van der Waals surface area contributed by atoms with E-state index in [4.69, 9.17) is 0 Å². The predicted octanol–water partition coefficient (Wildman–Crippen LogP) is 2.71. The molecule has 2 aromatic carbocycles. The van der Waals surface area contributed by atoms with Crippen molar-refractivity contribution in [2.75, 3.05) is 33.7 Å². The Morgan fingerprint density at radius 2 is 1.93 bits per heavy atom. The van der Waals surface area contributed by atoms with Crippen molar-refractivity contribution in [2.45, 2.75) is 19.3 Å². The number of nitrogens with one attached hydrogen (secondary N) is 2. The standard InChI is InChI=1S/C23H29N3O2/c1-26(2)14-13-25-23(28)21-6-3-5-19(16-21)18-10-8-17(9-11-18)15-20-7-4-12-24-22(20)27/h3,5-6,8-11,16,20H,4,7,12-15H2,1-2H3,(H,24,27)(H,25,28)/t20-/m1/s1. The fourth-order valence-corrected chi connectivity index (χ4v) is 3.48. The van der Waals surface area contributed by atoms with Gasteiger partial charge in [-0.1, -0.05) is 36.4 Å². The van der Waals surface area contributed by atoms with Gasteiger partial charge >= 0.3 is 0 Å². The van der Waals surface area contributed by atoms with Crippen LogP contribution in [0.1, 0.15) is 28.8 Å². The highest BCUT2D eigenvalue weighted by atomic mass is 16.2. The zero-order valence-corrected chi connectivity index (χ0v) is 16.7. The summed E-state index contributed by atoms with van der Waals surface area (Å²) >= 11 is 0. The Balaban J connectivity index is 1.65. The van der Waals surface area contributed by atoms with Gasteiger partial charge in [-0.2, -0.15) is 0 Å². The van der Waals surface area contributed by atoms with Crippen molar-refractivity contribution >= 4 is 11.8 Å². The summed E-state index contributed by atoms with van der Waals surface area (Å²) in [7, 11) is 3.97. The molecule has 2 aromatic rings. The maximum Gasteiger partial charge on any atom is 0.251 e. The summed E-state index contributed by atoms with van der Waals surface area (Å²) in [6, 6.07) is 16.0. The number of likely N-dealkylation sites (N-methyl/N-ethyl adjacent to an activating group) is 1. The van der Waals surface area contributed by atoms with Crippen molar-refractivity contribution in [2.24, 2.45) is 5.92 Å². The Morgan fingerprint density at radius 1 is 1.14 bits per heavy atom. The van der Waals surface area contributed by atoms with E-state index in [1.165, 1.54) is 5.56 Å². The molecule has 0 radical (unpaired) electrons. The molecule has 28 heavy (non-hydrogen) atoms. The van der Waals surface area contributed by atoms with Gasteiger partial charge < -0.3 is 15.5 Å². The normalized spacial score (nSPS) is 16.7. The Labute approximate surface area is 167 Å². The summed E-state index contributed by atoms with van der Waals surface area (Å²) in [4.78, 5) is 26.3. The largest absolute Gasteiger partial charge is 0.356 e. The molecule has 0 saturated carbocycles. The molecule has 5 heteroatoms. The summed E-state index contributed by atoms with van der Waals surface area (Å²) in [5.74, 6) is 0.195. The summed E-state index contributed by atoms with van der Waals surface area (Å²) in [5, 5.41) is 5.90. The van der Waals surface area contributed by atoms with E-state index < -0.39 is 0 Å². The van der Waals surface area contributed by atoms with Crippen LogP contribution in [0.25, 0.3) is 11.1 Å². The second kappa shape index (κ2) is 9.51. The molecule has 0 aliphatic carbocycles. The van der Waals surface area contributed by atoms with Crippen LogP contribution in [0.3, 0.4) is 0 Å². The van der Waals surface area contributed by atoms with Crippen LogP contribution in [0.5, 0.6) is 0 Å². The van der Waals surface area contributed by atoms with Crippen molar-refractivity contribution in [1.29, 1.82) is 0 Å². The lowest BCUT2D eigenvalue weighted by Crippen LogP contribution is -2.37. The van der Waals surface area contributed by atoms with Gasteiger partial charge in [0.25, 0.3) is 5.91 Å². The van der Waals surface area contributed by atoms with Crippen molar-refractivity contribution in [1.82, 2.24) is 15.5 Å². The lowest BCUT2D eigenvalue weighted by atomic mass is 9.91. The number of piperidine rings is 1. The Kier molecular flexibility index (Phi) is 6.82. The molecule has 1 heterocycles. The monoisotopic (exact) mass is 379 g/mol. The molecule has 1 saturated heterocycles.